The highest BCUT2D eigenvalue weighted by molar-refractivity contribution is 6.30. The summed E-state index contributed by atoms with van der Waals surface area (Å²) >= 11 is 5.85. The maximum absolute atomic E-state index is 12.6. The highest BCUT2D eigenvalue weighted by atomic mass is 35.5. The molecule has 0 aromatic heterocycles. The van der Waals surface area contributed by atoms with E-state index in [4.69, 9.17) is 16.3 Å². The highest BCUT2D eigenvalue weighted by Crippen LogP contribution is 2.28. The fourth-order valence-corrected chi connectivity index (χ4v) is 3.13. The van der Waals surface area contributed by atoms with Crippen molar-refractivity contribution >= 4 is 29.4 Å². The number of esters is 1. The van der Waals surface area contributed by atoms with Crippen LogP contribution in [0.25, 0.3) is 0 Å². The SMILES string of the molecule is O=C(CNC(=O)C1CCCN(C(=O)c2ccc(Cl)cc2)C1)OCC1CC1. The molecule has 6 nitrogen and oxygen atoms in total. The third kappa shape index (κ3) is 5.21. The van der Waals surface area contributed by atoms with Gasteiger partial charge in [-0.2, -0.15) is 0 Å². The van der Waals surface area contributed by atoms with Crippen LogP contribution in [0.1, 0.15) is 36.0 Å². The molecule has 3 rings (SSSR count). The second-order valence-corrected chi connectivity index (χ2v) is 7.38. The molecular formula is C19H23ClN2O4. The molecule has 1 heterocycles. The molecule has 7 heteroatoms. The summed E-state index contributed by atoms with van der Waals surface area (Å²) in [4.78, 5) is 38.2. The molecule has 1 N–H and O–H groups in total. The van der Waals surface area contributed by atoms with Gasteiger partial charge in [0.1, 0.15) is 6.54 Å². The minimum absolute atomic E-state index is 0.108. The Hall–Kier alpha value is -2.08. The van der Waals surface area contributed by atoms with Crippen molar-refractivity contribution in [2.75, 3.05) is 26.2 Å². The Morgan fingerprint density at radius 2 is 1.88 bits per heavy atom. The monoisotopic (exact) mass is 378 g/mol. The summed E-state index contributed by atoms with van der Waals surface area (Å²) in [5, 5.41) is 3.21. The summed E-state index contributed by atoms with van der Waals surface area (Å²) in [5.41, 5.74) is 0.555. The molecule has 2 fully saturated rings. The van der Waals surface area contributed by atoms with E-state index < -0.39 is 5.97 Å². The molecule has 1 unspecified atom stereocenters. The number of likely N-dealkylation sites (tertiary alicyclic amines) is 1. The Kier molecular flexibility index (Phi) is 6.14. The Labute approximate surface area is 157 Å². The largest absolute Gasteiger partial charge is 0.464 e. The quantitative estimate of drug-likeness (QED) is 0.770. The van der Waals surface area contributed by atoms with E-state index in [9.17, 15) is 14.4 Å². The third-order valence-electron chi connectivity index (χ3n) is 4.75. The smallest absolute Gasteiger partial charge is 0.325 e. The number of ether oxygens (including phenoxy) is 1. The van der Waals surface area contributed by atoms with Gasteiger partial charge in [0, 0.05) is 23.7 Å². The zero-order valence-electron chi connectivity index (χ0n) is 14.6. The summed E-state index contributed by atoms with van der Waals surface area (Å²) in [5.74, 6) is -0.531. The van der Waals surface area contributed by atoms with Crippen molar-refractivity contribution in [2.24, 2.45) is 11.8 Å². The molecule has 0 bridgehead atoms. The van der Waals surface area contributed by atoms with E-state index in [1.165, 1.54) is 0 Å². The molecule has 26 heavy (non-hydrogen) atoms. The van der Waals surface area contributed by atoms with Crippen LogP contribution in [0.5, 0.6) is 0 Å². The Bertz CT molecular complexity index is 673. The zero-order chi connectivity index (χ0) is 18.5. The number of hydrogen-bond donors (Lipinski definition) is 1. The number of nitrogens with one attached hydrogen (secondary N) is 1. The maximum atomic E-state index is 12.6. The molecule has 2 aliphatic rings. The van der Waals surface area contributed by atoms with Gasteiger partial charge in [0.15, 0.2) is 0 Å². The fraction of sp³-hybridized carbons (Fsp3) is 0.526. The lowest BCUT2D eigenvalue weighted by Crippen LogP contribution is -2.46. The average Bonchev–Trinajstić information content (AvgIpc) is 3.49. The Morgan fingerprint density at radius 3 is 2.58 bits per heavy atom. The summed E-state index contributed by atoms with van der Waals surface area (Å²) in [6, 6.07) is 6.72. The van der Waals surface area contributed by atoms with E-state index >= 15 is 0 Å². The van der Waals surface area contributed by atoms with Crippen molar-refractivity contribution in [3.8, 4) is 0 Å². The van der Waals surface area contributed by atoms with Crippen molar-refractivity contribution in [3.63, 3.8) is 0 Å². The van der Waals surface area contributed by atoms with Crippen molar-refractivity contribution in [1.29, 1.82) is 0 Å². The van der Waals surface area contributed by atoms with Gasteiger partial charge in [0.2, 0.25) is 5.91 Å². The van der Waals surface area contributed by atoms with Crippen LogP contribution in [-0.4, -0.2) is 48.9 Å². The minimum atomic E-state index is -0.407. The first kappa shape index (κ1) is 18.7. The molecule has 1 aliphatic carbocycles. The first-order valence-corrected chi connectivity index (χ1v) is 9.39. The second kappa shape index (κ2) is 8.54. The molecule has 1 saturated heterocycles. The summed E-state index contributed by atoms with van der Waals surface area (Å²) in [6.07, 6.45) is 3.68. The van der Waals surface area contributed by atoms with Crippen LogP contribution >= 0.6 is 11.6 Å². The minimum Gasteiger partial charge on any atom is -0.464 e. The first-order valence-electron chi connectivity index (χ1n) is 9.01. The van der Waals surface area contributed by atoms with Gasteiger partial charge in [-0.3, -0.25) is 14.4 Å². The molecule has 0 radical (unpaired) electrons. The van der Waals surface area contributed by atoms with E-state index in [0.29, 0.717) is 42.6 Å². The van der Waals surface area contributed by atoms with Gasteiger partial charge in [0.05, 0.1) is 12.5 Å². The molecule has 140 valence electrons. The predicted octanol–water partition coefficient (Wildman–Crippen LogP) is 2.26. The first-order chi connectivity index (χ1) is 12.5. The zero-order valence-corrected chi connectivity index (χ0v) is 15.3. The van der Waals surface area contributed by atoms with Crippen LogP contribution < -0.4 is 5.32 Å². The standard InChI is InChI=1S/C19H23ClN2O4/c20-16-7-5-14(6-8-16)19(25)22-9-1-2-15(11-22)18(24)21-10-17(23)26-12-13-3-4-13/h5-8,13,15H,1-4,9-12H2,(H,21,24). The maximum Gasteiger partial charge on any atom is 0.325 e. The third-order valence-corrected chi connectivity index (χ3v) is 5.01. The molecule has 2 amide bonds. The number of amides is 2. The van der Waals surface area contributed by atoms with Crippen molar-refractivity contribution in [1.82, 2.24) is 10.2 Å². The van der Waals surface area contributed by atoms with Gasteiger partial charge < -0.3 is 15.0 Å². The molecular weight excluding hydrogens is 356 g/mol. The average molecular weight is 379 g/mol. The molecule has 1 aromatic carbocycles. The second-order valence-electron chi connectivity index (χ2n) is 6.94. The van der Waals surface area contributed by atoms with Gasteiger partial charge in [-0.1, -0.05) is 11.6 Å². The number of carbonyl (C=O) groups excluding carboxylic acids is 3. The Balaban J connectivity index is 1.47. The van der Waals surface area contributed by atoms with Crippen molar-refractivity contribution < 1.29 is 19.1 Å². The number of carbonyl (C=O) groups is 3. The number of halogens is 1. The summed E-state index contributed by atoms with van der Waals surface area (Å²) in [6.45, 7) is 1.30. The molecule has 1 saturated carbocycles. The predicted molar refractivity (Wildman–Crippen MR) is 96.8 cm³/mol. The summed E-state index contributed by atoms with van der Waals surface area (Å²) in [7, 11) is 0. The van der Waals surface area contributed by atoms with Crippen LogP contribution in [0.15, 0.2) is 24.3 Å². The lowest BCUT2D eigenvalue weighted by molar-refractivity contribution is -0.144. The van der Waals surface area contributed by atoms with Crippen LogP contribution in [0, 0.1) is 11.8 Å². The Morgan fingerprint density at radius 1 is 1.15 bits per heavy atom. The highest BCUT2D eigenvalue weighted by Gasteiger charge is 2.29. The molecule has 1 aromatic rings. The topological polar surface area (TPSA) is 75.7 Å². The number of piperidine rings is 1. The van der Waals surface area contributed by atoms with Gasteiger partial charge in [-0.15, -0.1) is 0 Å². The van der Waals surface area contributed by atoms with Crippen molar-refractivity contribution in [2.45, 2.75) is 25.7 Å². The van der Waals surface area contributed by atoms with Crippen LogP contribution in [-0.2, 0) is 14.3 Å². The molecule has 1 atom stereocenters. The number of hydrogen-bond acceptors (Lipinski definition) is 4. The number of benzene rings is 1. The number of rotatable bonds is 6. The van der Waals surface area contributed by atoms with Gasteiger partial charge >= 0.3 is 5.97 Å². The van der Waals surface area contributed by atoms with Crippen LogP contribution in [0.4, 0.5) is 0 Å². The normalized spacial score (nSPS) is 19.7. The van der Waals surface area contributed by atoms with E-state index in [1.54, 1.807) is 29.2 Å². The molecule has 0 spiro atoms. The summed E-state index contributed by atoms with van der Waals surface area (Å²) < 4.78 is 5.10. The fourth-order valence-electron chi connectivity index (χ4n) is 3.00. The lowest BCUT2D eigenvalue weighted by Gasteiger charge is -2.32. The van der Waals surface area contributed by atoms with Crippen LogP contribution in [0.2, 0.25) is 5.02 Å². The molecule has 1 aliphatic heterocycles. The lowest BCUT2D eigenvalue weighted by atomic mass is 9.96. The van der Waals surface area contributed by atoms with Gasteiger partial charge in [-0.25, -0.2) is 0 Å². The van der Waals surface area contributed by atoms with E-state index in [0.717, 1.165) is 19.3 Å². The van der Waals surface area contributed by atoms with Crippen molar-refractivity contribution in [3.05, 3.63) is 34.9 Å². The van der Waals surface area contributed by atoms with Gasteiger partial charge in [-0.05, 0) is 55.9 Å². The number of nitrogens with zero attached hydrogens (tertiary/aromatic N) is 1. The van der Waals surface area contributed by atoms with Crippen LogP contribution in [0.3, 0.4) is 0 Å². The van der Waals surface area contributed by atoms with Gasteiger partial charge in [0.25, 0.3) is 5.91 Å². The van der Waals surface area contributed by atoms with E-state index in [2.05, 4.69) is 5.32 Å². The van der Waals surface area contributed by atoms with E-state index in [-0.39, 0.29) is 24.3 Å². The van der Waals surface area contributed by atoms with E-state index in [1.807, 2.05) is 0 Å².